The lowest BCUT2D eigenvalue weighted by atomic mass is 10.1. The Bertz CT molecular complexity index is 517. The fourth-order valence-corrected chi connectivity index (χ4v) is 2.98. The second kappa shape index (κ2) is 5.27. The number of anilines is 1. The first kappa shape index (κ1) is 12.7. The number of nitrogens with two attached hydrogens (primary N) is 1. The van der Waals surface area contributed by atoms with Gasteiger partial charge in [-0.05, 0) is 54.1 Å². The average molecular weight is 343 g/mol. The summed E-state index contributed by atoms with van der Waals surface area (Å²) in [5, 5.41) is 1.35. The molecule has 1 aromatic heterocycles. The van der Waals surface area contributed by atoms with Gasteiger partial charge in [0.2, 0.25) is 0 Å². The second-order valence-electron chi connectivity index (χ2n) is 4.40. The van der Waals surface area contributed by atoms with Crippen LogP contribution in [-0.2, 0) is 6.42 Å². The van der Waals surface area contributed by atoms with Crippen LogP contribution in [0.15, 0.2) is 18.2 Å². The van der Waals surface area contributed by atoms with Gasteiger partial charge in [-0.1, -0.05) is 6.07 Å². The number of aryl methyl sites for hydroxylation is 1. The highest BCUT2D eigenvalue weighted by Gasteiger charge is 2.14. The minimum atomic E-state index is 0.739. The van der Waals surface area contributed by atoms with E-state index < -0.39 is 0 Å². The molecule has 2 rings (SSSR count). The van der Waals surface area contributed by atoms with Gasteiger partial charge in [0.15, 0.2) is 0 Å². The molecule has 0 aliphatic heterocycles. The zero-order valence-electron chi connectivity index (χ0n) is 10.3. The Kier molecular flexibility index (Phi) is 3.93. The Labute approximate surface area is 116 Å². The van der Waals surface area contributed by atoms with Gasteiger partial charge < -0.3 is 15.6 Å². The van der Waals surface area contributed by atoms with Crippen LogP contribution in [0, 0.1) is 3.57 Å². The standard InChI is InChI=1S/C13H18IN3/c1-17(2)13-9(5-4-8-15)12-10(14)6-3-7-11(12)16-13/h3,6-7,16H,4-5,8,15H2,1-2H3. The highest BCUT2D eigenvalue weighted by Crippen LogP contribution is 2.32. The Morgan fingerprint density at radius 2 is 2.12 bits per heavy atom. The van der Waals surface area contributed by atoms with Crippen molar-refractivity contribution in [3.8, 4) is 0 Å². The van der Waals surface area contributed by atoms with Crippen LogP contribution in [0.4, 0.5) is 5.82 Å². The summed E-state index contributed by atoms with van der Waals surface area (Å²) < 4.78 is 1.30. The van der Waals surface area contributed by atoms with E-state index in [2.05, 4.69) is 64.8 Å². The maximum Gasteiger partial charge on any atom is 0.109 e. The summed E-state index contributed by atoms with van der Waals surface area (Å²) in [7, 11) is 4.15. The maximum absolute atomic E-state index is 5.63. The molecule has 0 radical (unpaired) electrons. The van der Waals surface area contributed by atoms with Crippen molar-refractivity contribution in [1.82, 2.24) is 4.98 Å². The van der Waals surface area contributed by atoms with E-state index >= 15 is 0 Å². The lowest BCUT2D eigenvalue weighted by molar-refractivity contribution is 0.833. The Balaban J connectivity index is 2.60. The van der Waals surface area contributed by atoms with Gasteiger partial charge >= 0.3 is 0 Å². The maximum atomic E-state index is 5.63. The summed E-state index contributed by atoms with van der Waals surface area (Å²) in [6, 6.07) is 6.38. The van der Waals surface area contributed by atoms with Crippen LogP contribution < -0.4 is 10.6 Å². The first-order valence-electron chi connectivity index (χ1n) is 5.81. The van der Waals surface area contributed by atoms with Gasteiger partial charge in [-0.15, -0.1) is 0 Å². The predicted molar refractivity (Wildman–Crippen MR) is 82.7 cm³/mol. The van der Waals surface area contributed by atoms with Crippen molar-refractivity contribution in [2.24, 2.45) is 5.73 Å². The molecule has 92 valence electrons. The van der Waals surface area contributed by atoms with E-state index in [1.54, 1.807) is 0 Å². The summed E-state index contributed by atoms with van der Waals surface area (Å²) in [5.41, 5.74) is 8.23. The number of nitrogens with one attached hydrogen (secondary N) is 1. The van der Waals surface area contributed by atoms with Crippen molar-refractivity contribution >= 4 is 39.3 Å². The summed E-state index contributed by atoms with van der Waals surface area (Å²) in [6.45, 7) is 0.739. The molecule has 0 bridgehead atoms. The fourth-order valence-electron chi connectivity index (χ4n) is 2.16. The van der Waals surface area contributed by atoms with Gasteiger partial charge in [0, 0.05) is 34.1 Å². The van der Waals surface area contributed by atoms with Gasteiger partial charge in [0.05, 0.1) is 0 Å². The molecule has 1 aromatic carbocycles. The van der Waals surface area contributed by atoms with Crippen molar-refractivity contribution in [3.63, 3.8) is 0 Å². The van der Waals surface area contributed by atoms with Gasteiger partial charge in [-0.25, -0.2) is 0 Å². The molecule has 0 saturated heterocycles. The van der Waals surface area contributed by atoms with Gasteiger partial charge in [0.25, 0.3) is 0 Å². The molecule has 4 heteroatoms. The van der Waals surface area contributed by atoms with Crippen LogP contribution in [-0.4, -0.2) is 25.6 Å². The van der Waals surface area contributed by atoms with E-state index in [9.17, 15) is 0 Å². The lowest BCUT2D eigenvalue weighted by Crippen LogP contribution is -2.11. The van der Waals surface area contributed by atoms with E-state index in [1.165, 1.54) is 25.9 Å². The SMILES string of the molecule is CN(C)c1[nH]c2cccc(I)c2c1CCCN. The highest BCUT2D eigenvalue weighted by atomic mass is 127. The predicted octanol–water partition coefficient (Wildman–Crippen LogP) is 2.73. The summed E-state index contributed by atoms with van der Waals surface area (Å²) in [4.78, 5) is 5.63. The number of rotatable bonds is 4. The third-order valence-electron chi connectivity index (χ3n) is 2.93. The monoisotopic (exact) mass is 343 g/mol. The largest absolute Gasteiger partial charge is 0.364 e. The van der Waals surface area contributed by atoms with Crippen LogP contribution in [0.3, 0.4) is 0 Å². The van der Waals surface area contributed by atoms with E-state index in [0.717, 1.165) is 19.4 Å². The van der Waals surface area contributed by atoms with E-state index in [0.29, 0.717) is 0 Å². The molecule has 3 N–H and O–H groups in total. The minimum absolute atomic E-state index is 0.739. The van der Waals surface area contributed by atoms with Gasteiger partial charge in [0.1, 0.15) is 5.82 Å². The molecule has 0 aliphatic rings. The van der Waals surface area contributed by atoms with E-state index in [1.807, 2.05) is 0 Å². The molecule has 2 aromatic rings. The molecule has 0 amide bonds. The number of H-pyrrole nitrogens is 1. The van der Waals surface area contributed by atoms with E-state index in [-0.39, 0.29) is 0 Å². The van der Waals surface area contributed by atoms with Crippen molar-refractivity contribution in [3.05, 3.63) is 27.3 Å². The zero-order valence-corrected chi connectivity index (χ0v) is 12.4. The van der Waals surface area contributed by atoms with Crippen LogP contribution in [0.5, 0.6) is 0 Å². The number of halogens is 1. The molecule has 0 spiro atoms. The smallest absolute Gasteiger partial charge is 0.109 e. The van der Waals surface area contributed by atoms with Crippen molar-refractivity contribution in [2.45, 2.75) is 12.8 Å². The quantitative estimate of drug-likeness (QED) is 0.839. The van der Waals surface area contributed by atoms with Crippen molar-refractivity contribution in [2.75, 3.05) is 25.5 Å². The van der Waals surface area contributed by atoms with Crippen LogP contribution >= 0.6 is 22.6 Å². The third-order valence-corrected chi connectivity index (χ3v) is 3.83. The minimum Gasteiger partial charge on any atom is -0.364 e. The fraction of sp³-hybridized carbons (Fsp3) is 0.385. The summed E-state index contributed by atoms with van der Waals surface area (Å²) >= 11 is 2.40. The van der Waals surface area contributed by atoms with E-state index in [4.69, 9.17) is 5.73 Å². The van der Waals surface area contributed by atoms with Gasteiger partial charge in [-0.3, -0.25) is 0 Å². The van der Waals surface area contributed by atoms with Crippen LogP contribution in [0.25, 0.3) is 10.9 Å². The Morgan fingerprint density at radius 3 is 2.76 bits per heavy atom. The second-order valence-corrected chi connectivity index (χ2v) is 5.56. The van der Waals surface area contributed by atoms with Crippen molar-refractivity contribution < 1.29 is 0 Å². The lowest BCUT2D eigenvalue weighted by Gasteiger charge is -2.13. The average Bonchev–Trinajstić information content (AvgIpc) is 2.66. The third kappa shape index (κ3) is 2.42. The van der Waals surface area contributed by atoms with Crippen molar-refractivity contribution in [1.29, 1.82) is 0 Å². The van der Waals surface area contributed by atoms with Gasteiger partial charge in [-0.2, -0.15) is 0 Å². The molecule has 0 unspecified atom stereocenters. The molecule has 3 nitrogen and oxygen atoms in total. The Morgan fingerprint density at radius 1 is 1.35 bits per heavy atom. The number of hydrogen-bond donors (Lipinski definition) is 2. The molecule has 0 atom stereocenters. The molecule has 17 heavy (non-hydrogen) atoms. The molecule has 0 fully saturated rings. The summed E-state index contributed by atoms with van der Waals surface area (Å²) in [5.74, 6) is 1.21. The molecule has 0 saturated carbocycles. The highest BCUT2D eigenvalue weighted by molar-refractivity contribution is 14.1. The molecular formula is C13H18IN3. The summed E-state index contributed by atoms with van der Waals surface area (Å²) in [6.07, 6.45) is 2.06. The normalized spacial score (nSPS) is 11.1. The zero-order chi connectivity index (χ0) is 12.4. The molecule has 1 heterocycles. The first-order chi connectivity index (χ1) is 8.15. The molecular weight excluding hydrogens is 325 g/mol. The number of benzene rings is 1. The van der Waals surface area contributed by atoms with Crippen LogP contribution in [0.2, 0.25) is 0 Å². The number of aromatic amines is 1. The topological polar surface area (TPSA) is 45.0 Å². The number of fused-ring (bicyclic) bond motifs is 1. The number of hydrogen-bond acceptors (Lipinski definition) is 2. The van der Waals surface area contributed by atoms with Crippen LogP contribution in [0.1, 0.15) is 12.0 Å². The first-order valence-corrected chi connectivity index (χ1v) is 6.89. The number of nitrogens with zero attached hydrogens (tertiary/aromatic N) is 1. The number of aromatic nitrogens is 1. The molecule has 0 aliphatic carbocycles. The Hall–Kier alpha value is -0.750.